The second-order valence-electron chi connectivity index (χ2n) is 7.40. The normalized spacial score (nSPS) is 18.2. The van der Waals surface area contributed by atoms with Crippen LogP contribution < -0.4 is 25.9 Å². The standard InChI is InChI=1S/C23H24N4OS/c1-16-12-20-22(21-17(6-5-9-25-21)13-26-23(20)29-16)27-11-10-24-18(14-27)15-28-19-7-3-2-4-8-19/h2-9,12-13,18,24,26H,10-11,14-15H2,1H3. The van der Waals surface area contributed by atoms with Crippen LogP contribution in [0.1, 0.15) is 10.4 Å². The smallest absolute Gasteiger partial charge is 0.119 e. The summed E-state index contributed by atoms with van der Waals surface area (Å²) in [5, 5.41) is 10.5. The fourth-order valence-electron chi connectivity index (χ4n) is 3.97. The van der Waals surface area contributed by atoms with Gasteiger partial charge in [0.2, 0.25) is 0 Å². The average molecular weight is 405 g/mol. The van der Waals surface area contributed by atoms with Gasteiger partial charge in [0.15, 0.2) is 0 Å². The van der Waals surface area contributed by atoms with Gasteiger partial charge in [0.1, 0.15) is 17.4 Å². The van der Waals surface area contributed by atoms with Crippen molar-refractivity contribution in [2.45, 2.75) is 13.0 Å². The van der Waals surface area contributed by atoms with E-state index < -0.39 is 0 Å². The third kappa shape index (κ3) is 3.73. The van der Waals surface area contributed by atoms with Gasteiger partial charge in [-0.3, -0.25) is 4.98 Å². The Bertz CT molecular complexity index is 1130. The maximum absolute atomic E-state index is 6.02. The molecule has 0 spiro atoms. The molecule has 0 saturated carbocycles. The van der Waals surface area contributed by atoms with Gasteiger partial charge in [-0.15, -0.1) is 11.3 Å². The van der Waals surface area contributed by atoms with Crippen LogP contribution >= 0.6 is 11.3 Å². The topological polar surface area (TPSA) is 49.4 Å². The van der Waals surface area contributed by atoms with Crippen LogP contribution in [0.3, 0.4) is 0 Å². The number of ether oxygens (including phenoxy) is 1. The second kappa shape index (κ2) is 7.89. The van der Waals surface area contributed by atoms with Gasteiger partial charge in [0, 0.05) is 47.7 Å². The first-order valence-electron chi connectivity index (χ1n) is 9.97. The van der Waals surface area contributed by atoms with E-state index in [0.717, 1.165) is 36.0 Å². The highest BCUT2D eigenvalue weighted by molar-refractivity contribution is 7.16. The predicted octanol–water partition coefficient (Wildman–Crippen LogP) is 2.12. The zero-order valence-corrected chi connectivity index (χ0v) is 17.2. The van der Waals surface area contributed by atoms with Gasteiger partial charge in [-0.05, 0) is 37.3 Å². The Morgan fingerprint density at radius 1 is 1.21 bits per heavy atom. The third-order valence-electron chi connectivity index (χ3n) is 5.30. The molecule has 2 aromatic heterocycles. The predicted molar refractivity (Wildman–Crippen MR) is 118 cm³/mol. The zero-order valence-electron chi connectivity index (χ0n) is 16.4. The fraction of sp³-hybridized carbons (Fsp3) is 0.261. The number of benzene rings is 1. The van der Waals surface area contributed by atoms with E-state index in [9.17, 15) is 0 Å². The van der Waals surface area contributed by atoms with Gasteiger partial charge < -0.3 is 20.3 Å². The Kier molecular flexibility index (Phi) is 4.96. The molecule has 1 aromatic carbocycles. The SMILES string of the molecule is Cc1cc2c(s1)NC=c1cccnc1=C2N1CCNC(COc2ccccc2)C1. The average Bonchev–Trinajstić information content (AvgIpc) is 3.05. The monoisotopic (exact) mass is 404 g/mol. The van der Waals surface area contributed by atoms with Crippen LogP contribution in [0.4, 0.5) is 5.00 Å². The van der Waals surface area contributed by atoms with Crippen LogP contribution in [-0.4, -0.2) is 42.2 Å². The van der Waals surface area contributed by atoms with Crippen molar-refractivity contribution in [2.75, 3.05) is 31.6 Å². The minimum absolute atomic E-state index is 0.256. The van der Waals surface area contributed by atoms with Gasteiger partial charge in [-0.1, -0.05) is 18.2 Å². The number of hydrogen-bond donors (Lipinski definition) is 2. The number of piperazine rings is 1. The molecule has 5 rings (SSSR count). The number of aromatic nitrogens is 1. The van der Waals surface area contributed by atoms with Gasteiger partial charge in [-0.25, -0.2) is 0 Å². The Hall–Kier alpha value is -2.83. The Labute approximate surface area is 174 Å². The molecule has 3 aromatic rings. The molecule has 1 unspecified atom stereocenters. The van der Waals surface area contributed by atoms with Crippen LogP contribution in [0.5, 0.6) is 5.75 Å². The molecule has 2 aliphatic heterocycles. The molecule has 6 heteroatoms. The van der Waals surface area contributed by atoms with Crippen molar-refractivity contribution in [3.63, 3.8) is 0 Å². The molecule has 0 aliphatic carbocycles. The van der Waals surface area contributed by atoms with E-state index in [4.69, 9.17) is 9.72 Å². The molecule has 1 atom stereocenters. The first kappa shape index (κ1) is 18.2. The fourth-order valence-corrected chi connectivity index (χ4v) is 4.86. The van der Waals surface area contributed by atoms with Crippen LogP contribution in [0.25, 0.3) is 11.9 Å². The van der Waals surface area contributed by atoms with E-state index >= 15 is 0 Å². The highest BCUT2D eigenvalue weighted by Gasteiger charge is 2.26. The summed E-state index contributed by atoms with van der Waals surface area (Å²) < 4.78 is 6.02. The number of fused-ring (bicyclic) bond motifs is 2. The van der Waals surface area contributed by atoms with E-state index in [1.807, 2.05) is 42.6 Å². The van der Waals surface area contributed by atoms with Crippen LogP contribution in [0, 0.1) is 6.92 Å². The minimum Gasteiger partial charge on any atom is -0.492 e. The number of thiophene rings is 1. The lowest BCUT2D eigenvalue weighted by Gasteiger charge is -2.36. The molecular formula is C23H24N4OS. The van der Waals surface area contributed by atoms with E-state index in [1.165, 1.54) is 21.1 Å². The number of para-hydroxylation sites is 1. The summed E-state index contributed by atoms with van der Waals surface area (Å²) in [6.07, 6.45) is 3.96. The van der Waals surface area contributed by atoms with Gasteiger partial charge >= 0.3 is 0 Å². The summed E-state index contributed by atoms with van der Waals surface area (Å²) >= 11 is 1.79. The first-order valence-corrected chi connectivity index (χ1v) is 10.8. The molecule has 4 heterocycles. The summed E-state index contributed by atoms with van der Waals surface area (Å²) in [7, 11) is 0. The Balaban J connectivity index is 1.47. The van der Waals surface area contributed by atoms with Gasteiger partial charge in [0.05, 0.1) is 17.1 Å². The van der Waals surface area contributed by atoms with Crippen molar-refractivity contribution < 1.29 is 4.74 Å². The quantitative estimate of drug-likeness (QED) is 0.698. The number of rotatable bonds is 4. The molecule has 148 valence electrons. The number of nitrogens with one attached hydrogen (secondary N) is 2. The van der Waals surface area contributed by atoms with Crippen LogP contribution in [-0.2, 0) is 0 Å². The van der Waals surface area contributed by atoms with Crippen molar-refractivity contribution in [3.8, 4) is 5.75 Å². The molecule has 0 bridgehead atoms. The van der Waals surface area contributed by atoms with E-state index in [0.29, 0.717) is 6.61 Å². The van der Waals surface area contributed by atoms with Gasteiger partial charge in [0.25, 0.3) is 0 Å². The molecule has 2 N–H and O–H groups in total. The molecule has 1 fully saturated rings. The summed E-state index contributed by atoms with van der Waals surface area (Å²) in [6.45, 7) is 5.55. The maximum atomic E-state index is 6.02. The van der Waals surface area contributed by atoms with Crippen molar-refractivity contribution in [3.05, 3.63) is 75.7 Å². The third-order valence-corrected chi connectivity index (χ3v) is 6.28. The van der Waals surface area contributed by atoms with E-state index in [1.54, 1.807) is 11.3 Å². The molecule has 2 aliphatic rings. The molecule has 1 saturated heterocycles. The summed E-state index contributed by atoms with van der Waals surface area (Å²) in [5.41, 5.74) is 2.46. The lowest BCUT2D eigenvalue weighted by Crippen LogP contribution is -2.53. The molecule has 29 heavy (non-hydrogen) atoms. The highest BCUT2D eigenvalue weighted by atomic mass is 32.1. The number of anilines is 1. The number of nitrogens with zero attached hydrogens (tertiary/aromatic N) is 2. The van der Waals surface area contributed by atoms with E-state index in [-0.39, 0.29) is 6.04 Å². The zero-order chi connectivity index (χ0) is 19.6. The molecule has 0 radical (unpaired) electrons. The Morgan fingerprint density at radius 2 is 2.10 bits per heavy atom. The summed E-state index contributed by atoms with van der Waals surface area (Å²) in [5.74, 6) is 0.912. The van der Waals surface area contributed by atoms with Crippen LogP contribution in [0.2, 0.25) is 0 Å². The lowest BCUT2D eigenvalue weighted by molar-refractivity contribution is 0.199. The maximum Gasteiger partial charge on any atom is 0.119 e. The number of hydrogen-bond acceptors (Lipinski definition) is 6. The second-order valence-corrected chi connectivity index (χ2v) is 8.66. The van der Waals surface area contributed by atoms with Crippen molar-refractivity contribution in [1.82, 2.24) is 15.2 Å². The largest absolute Gasteiger partial charge is 0.492 e. The number of aryl methyl sites for hydroxylation is 1. The van der Waals surface area contributed by atoms with Gasteiger partial charge in [-0.2, -0.15) is 0 Å². The highest BCUT2D eigenvalue weighted by Crippen LogP contribution is 2.34. The first-order chi connectivity index (χ1) is 14.3. The Morgan fingerprint density at radius 3 is 3.00 bits per heavy atom. The van der Waals surface area contributed by atoms with Crippen LogP contribution in [0.15, 0.2) is 54.7 Å². The van der Waals surface area contributed by atoms with Crippen molar-refractivity contribution in [1.29, 1.82) is 0 Å². The molecule has 5 nitrogen and oxygen atoms in total. The summed E-state index contributed by atoms with van der Waals surface area (Å²) in [4.78, 5) is 8.53. The molecule has 0 amide bonds. The number of pyridine rings is 1. The summed E-state index contributed by atoms with van der Waals surface area (Å²) in [6, 6.07) is 16.7. The molecular weight excluding hydrogens is 380 g/mol. The van der Waals surface area contributed by atoms with Crippen molar-refractivity contribution >= 4 is 28.2 Å². The lowest BCUT2D eigenvalue weighted by atomic mass is 10.1. The van der Waals surface area contributed by atoms with Crippen molar-refractivity contribution in [2.24, 2.45) is 0 Å². The van der Waals surface area contributed by atoms with E-state index in [2.05, 4.69) is 40.8 Å². The minimum atomic E-state index is 0.256.